The van der Waals surface area contributed by atoms with Crippen molar-refractivity contribution in [3.63, 3.8) is 0 Å². The van der Waals surface area contributed by atoms with Crippen LogP contribution in [0.3, 0.4) is 0 Å². The number of rotatable bonds is 6. The van der Waals surface area contributed by atoms with Gasteiger partial charge in [0, 0.05) is 12.4 Å². The molecule has 0 aromatic carbocycles. The lowest BCUT2D eigenvalue weighted by molar-refractivity contribution is 0.149. The molecule has 0 heterocycles. The highest BCUT2D eigenvalue weighted by molar-refractivity contribution is 7.91. The van der Waals surface area contributed by atoms with Crippen LogP contribution < -0.4 is 0 Å². The van der Waals surface area contributed by atoms with Gasteiger partial charge < -0.3 is 4.74 Å². The minimum Gasteiger partial charge on any atom is -0.380 e. The molecule has 0 aliphatic heterocycles. The largest absolute Gasteiger partial charge is 0.380 e. The van der Waals surface area contributed by atoms with E-state index in [1.54, 1.807) is 6.92 Å². The van der Waals surface area contributed by atoms with E-state index in [0.29, 0.717) is 13.2 Å². The Morgan fingerprint density at radius 1 is 1.18 bits per heavy atom. The van der Waals surface area contributed by atoms with Gasteiger partial charge in [0.2, 0.25) is 0 Å². The van der Waals surface area contributed by atoms with E-state index in [0.717, 1.165) is 6.42 Å². The van der Waals surface area contributed by atoms with E-state index in [9.17, 15) is 8.42 Å². The van der Waals surface area contributed by atoms with Gasteiger partial charge in [0.1, 0.15) is 0 Å². The van der Waals surface area contributed by atoms with E-state index in [1.165, 1.54) is 0 Å². The highest BCUT2D eigenvalue weighted by atomic mass is 32.2. The molecule has 0 amide bonds. The first-order valence-electron chi connectivity index (χ1n) is 3.90. The molecule has 4 heteroatoms. The van der Waals surface area contributed by atoms with E-state index in [1.807, 2.05) is 6.92 Å². The molecule has 0 unspecified atom stereocenters. The van der Waals surface area contributed by atoms with Crippen molar-refractivity contribution in [2.75, 3.05) is 24.7 Å². The molecule has 0 rings (SSSR count). The molecular weight excluding hydrogens is 164 g/mol. The quantitative estimate of drug-likeness (QED) is 0.569. The predicted molar refractivity (Wildman–Crippen MR) is 45.4 cm³/mol. The minimum absolute atomic E-state index is 0.156. The second-order valence-electron chi connectivity index (χ2n) is 2.35. The Hall–Kier alpha value is -0.0900. The van der Waals surface area contributed by atoms with Crippen molar-refractivity contribution >= 4 is 9.84 Å². The standard InChI is InChI=1S/C7H16O3S/c1-3-5-10-6-7-11(8,9)4-2/h3-7H2,1-2H3. The molecule has 0 N–H and O–H groups in total. The van der Waals surface area contributed by atoms with Gasteiger partial charge in [-0.15, -0.1) is 0 Å². The fourth-order valence-corrected chi connectivity index (χ4v) is 1.24. The molecule has 0 atom stereocenters. The van der Waals surface area contributed by atoms with Gasteiger partial charge in [-0.1, -0.05) is 13.8 Å². The smallest absolute Gasteiger partial charge is 0.152 e. The van der Waals surface area contributed by atoms with Crippen LogP contribution in [0.1, 0.15) is 20.3 Å². The van der Waals surface area contributed by atoms with E-state index in [-0.39, 0.29) is 11.5 Å². The molecule has 0 aliphatic carbocycles. The minimum atomic E-state index is -2.82. The number of ether oxygens (including phenoxy) is 1. The molecule has 11 heavy (non-hydrogen) atoms. The van der Waals surface area contributed by atoms with Crippen molar-refractivity contribution in [2.24, 2.45) is 0 Å². The van der Waals surface area contributed by atoms with Crippen LogP contribution >= 0.6 is 0 Å². The lowest BCUT2D eigenvalue weighted by Gasteiger charge is -2.01. The molecule has 0 bridgehead atoms. The summed E-state index contributed by atoms with van der Waals surface area (Å²) in [6.07, 6.45) is 0.937. The first-order chi connectivity index (χ1) is 5.12. The normalized spacial score (nSPS) is 11.8. The highest BCUT2D eigenvalue weighted by Crippen LogP contribution is 1.90. The number of hydrogen-bond donors (Lipinski definition) is 0. The molecule has 3 nitrogen and oxygen atoms in total. The van der Waals surface area contributed by atoms with Crippen molar-refractivity contribution in [1.82, 2.24) is 0 Å². The van der Waals surface area contributed by atoms with Gasteiger partial charge in [-0.25, -0.2) is 8.42 Å². The zero-order valence-corrected chi connectivity index (χ0v) is 7.99. The van der Waals surface area contributed by atoms with Crippen molar-refractivity contribution < 1.29 is 13.2 Å². The molecule has 0 aromatic heterocycles. The summed E-state index contributed by atoms with van der Waals surface area (Å²) in [6, 6.07) is 0. The second-order valence-corrected chi connectivity index (χ2v) is 4.82. The fourth-order valence-electron chi connectivity index (χ4n) is 0.577. The summed E-state index contributed by atoms with van der Waals surface area (Å²) in [6.45, 7) is 4.63. The molecule has 0 aliphatic rings. The first-order valence-corrected chi connectivity index (χ1v) is 5.72. The summed E-state index contributed by atoms with van der Waals surface area (Å²) in [5.74, 6) is 0.367. The summed E-state index contributed by atoms with van der Waals surface area (Å²) in [7, 11) is -2.82. The fraction of sp³-hybridized carbons (Fsp3) is 1.00. The van der Waals surface area contributed by atoms with Crippen LogP contribution in [0.2, 0.25) is 0 Å². The van der Waals surface area contributed by atoms with Gasteiger partial charge in [0.05, 0.1) is 12.4 Å². The van der Waals surface area contributed by atoms with Crippen LogP contribution in [-0.4, -0.2) is 33.1 Å². The van der Waals surface area contributed by atoms with Gasteiger partial charge in [-0.05, 0) is 6.42 Å². The zero-order valence-electron chi connectivity index (χ0n) is 7.17. The van der Waals surface area contributed by atoms with E-state index >= 15 is 0 Å². The molecule has 0 aromatic rings. The Kier molecular flexibility index (Phi) is 5.50. The average molecular weight is 180 g/mol. The van der Waals surface area contributed by atoms with Crippen LogP contribution in [0, 0.1) is 0 Å². The Labute approximate surface area is 68.7 Å². The van der Waals surface area contributed by atoms with Gasteiger partial charge in [0.15, 0.2) is 9.84 Å². The summed E-state index contributed by atoms with van der Waals surface area (Å²) >= 11 is 0. The Morgan fingerprint density at radius 3 is 2.27 bits per heavy atom. The predicted octanol–water partition coefficient (Wildman–Crippen LogP) is 0.848. The molecule has 0 spiro atoms. The molecule has 0 fully saturated rings. The zero-order chi connectivity index (χ0) is 8.74. The molecule has 0 saturated heterocycles. The third-order valence-corrected chi connectivity index (χ3v) is 3.00. The monoisotopic (exact) mass is 180 g/mol. The summed E-state index contributed by atoms with van der Waals surface area (Å²) in [5, 5.41) is 0. The molecular formula is C7H16O3S. The third-order valence-electron chi connectivity index (χ3n) is 1.33. The van der Waals surface area contributed by atoms with Crippen molar-refractivity contribution in [2.45, 2.75) is 20.3 Å². The Morgan fingerprint density at radius 2 is 1.82 bits per heavy atom. The number of hydrogen-bond acceptors (Lipinski definition) is 3. The van der Waals surface area contributed by atoms with Crippen LogP contribution in [0.4, 0.5) is 0 Å². The molecule has 68 valence electrons. The summed E-state index contributed by atoms with van der Waals surface area (Å²) in [5.41, 5.74) is 0. The SMILES string of the molecule is CCCOCCS(=O)(=O)CC. The van der Waals surface area contributed by atoms with Crippen molar-refractivity contribution in [1.29, 1.82) is 0 Å². The maximum Gasteiger partial charge on any atom is 0.152 e. The lowest BCUT2D eigenvalue weighted by Crippen LogP contribution is -2.14. The number of sulfone groups is 1. The summed E-state index contributed by atoms with van der Waals surface area (Å²) in [4.78, 5) is 0. The topological polar surface area (TPSA) is 43.4 Å². The van der Waals surface area contributed by atoms with Gasteiger partial charge in [0.25, 0.3) is 0 Å². The van der Waals surface area contributed by atoms with Gasteiger partial charge >= 0.3 is 0 Å². The first kappa shape index (κ1) is 10.9. The van der Waals surface area contributed by atoms with E-state index in [2.05, 4.69) is 0 Å². The van der Waals surface area contributed by atoms with Gasteiger partial charge in [-0.3, -0.25) is 0 Å². The maximum atomic E-state index is 10.9. The molecule has 0 saturated carbocycles. The van der Waals surface area contributed by atoms with Crippen molar-refractivity contribution in [3.8, 4) is 0 Å². The highest BCUT2D eigenvalue weighted by Gasteiger charge is 2.05. The van der Waals surface area contributed by atoms with E-state index in [4.69, 9.17) is 4.74 Å². The lowest BCUT2D eigenvalue weighted by atomic mass is 10.5. The van der Waals surface area contributed by atoms with Crippen LogP contribution in [-0.2, 0) is 14.6 Å². The van der Waals surface area contributed by atoms with E-state index < -0.39 is 9.84 Å². The summed E-state index contributed by atoms with van der Waals surface area (Å²) < 4.78 is 26.8. The maximum absolute atomic E-state index is 10.9. The van der Waals surface area contributed by atoms with Crippen LogP contribution in [0.5, 0.6) is 0 Å². The third kappa shape index (κ3) is 6.31. The second kappa shape index (κ2) is 5.55. The molecule has 0 radical (unpaired) electrons. The van der Waals surface area contributed by atoms with Gasteiger partial charge in [-0.2, -0.15) is 0 Å². The van der Waals surface area contributed by atoms with Crippen LogP contribution in [0.15, 0.2) is 0 Å². The average Bonchev–Trinajstić information content (AvgIpc) is 1.99. The van der Waals surface area contributed by atoms with Crippen LogP contribution in [0.25, 0.3) is 0 Å². The Bertz CT molecular complexity index is 172. The van der Waals surface area contributed by atoms with Crippen molar-refractivity contribution in [3.05, 3.63) is 0 Å². The Balaban J connectivity index is 3.39.